The second-order valence-corrected chi connectivity index (χ2v) is 13.7. The molecule has 0 radical (unpaired) electrons. The van der Waals surface area contributed by atoms with Gasteiger partial charge in [0.2, 0.25) is 11.7 Å². The number of nitrogens with one attached hydrogen (secondary N) is 2. The normalized spacial score (nSPS) is 19.1. The summed E-state index contributed by atoms with van der Waals surface area (Å²) in [5, 5.41) is 11.9. The van der Waals surface area contributed by atoms with Crippen LogP contribution in [-0.4, -0.2) is 82.8 Å². The Morgan fingerprint density at radius 1 is 1.19 bits per heavy atom. The largest absolute Gasteiger partial charge is 0.449 e. The molecule has 1 aliphatic rings. The number of nitrogens with zero attached hydrogens (tertiary/aromatic N) is 3. The number of aromatic amines is 1. The predicted molar refractivity (Wildman–Crippen MR) is 172 cm³/mol. The van der Waals surface area contributed by atoms with Gasteiger partial charge in [0.25, 0.3) is 5.56 Å². The number of halogens is 3. The number of Topliss-reactive ketones (excluding diaryl/α,β-unsaturated/α-hetero) is 1. The van der Waals surface area contributed by atoms with Gasteiger partial charge < -0.3 is 19.3 Å². The molecule has 0 aliphatic carbocycles. The summed E-state index contributed by atoms with van der Waals surface area (Å²) in [6.45, 7) is 8.81. The van der Waals surface area contributed by atoms with E-state index >= 15 is 0 Å². The molecule has 16 heteroatoms. The summed E-state index contributed by atoms with van der Waals surface area (Å²) in [4.78, 5) is 50.9. The van der Waals surface area contributed by atoms with Crippen LogP contribution in [0.1, 0.15) is 90.9 Å². The van der Waals surface area contributed by atoms with E-state index in [-0.39, 0.29) is 37.1 Å². The van der Waals surface area contributed by atoms with Crippen molar-refractivity contribution in [2.45, 2.75) is 116 Å². The average Bonchev–Trinajstić information content (AvgIpc) is 3.37. The number of H-pyrrole nitrogens is 1. The zero-order valence-electron chi connectivity index (χ0n) is 27.7. The molecule has 2 unspecified atom stereocenters. The van der Waals surface area contributed by atoms with Gasteiger partial charge in [-0.1, -0.05) is 19.3 Å². The molecule has 0 aromatic carbocycles. The number of aromatic nitrogens is 2. The minimum Gasteiger partial charge on any atom is -0.382 e. The maximum atomic E-state index is 12.8. The highest BCUT2D eigenvalue weighted by molar-refractivity contribution is 7.50. The Hall–Kier alpha value is -2.89. The number of carbonyl (C=O) groups excluding carboxylic acids is 2. The molecule has 47 heavy (non-hydrogen) atoms. The topological polar surface area (TPSA) is 156 Å². The molecule has 12 nitrogen and oxygen atoms in total. The van der Waals surface area contributed by atoms with Crippen molar-refractivity contribution in [2.75, 3.05) is 26.4 Å². The molecule has 2 N–H and O–H groups in total. The molecule has 264 valence electrons. The first-order valence-electron chi connectivity index (χ1n) is 15.8. The molecule has 2 heterocycles. The third-order valence-corrected chi connectivity index (χ3v) is 9.97. The number of carbonyl (C=O) groups is 2. The standard InChI is InChI=1S/C31H47F3N5O7P/c1-21(2)39(22(3)4)47(17-11-15-35)46-24-18-28(45-25(24)20-44-5)38-19-23(29(42)37-30(38)43)13-14-27(41)36-16-10-8-6-7-9-12-26(40)31(32,33)34/h13-14,19,21-22,24-25,28H,6-12,16-18,20H2,1-5H3,(H,36,41)(H,37,42,43)/b14-13+/t24?,25-,28-,47?/m1/s1. The van der Waals surface area contributed by atoms with Crippen molar-refractivity contribution in [3.05, 3.63) is 38.7 Å². The molecule has 1 aromatic rings. The first-order chi connectivity index (χ1) is 22.2. The maximum Gasteiger partial charge on any atom is 0.449 e. The van der Waals surface area contributed by atoms with E-state index in [2.05, 4.69) is 48.7 Å². The molecule has 4 atom stereocenters. The Labute approximate surface area is 274 Å². The molecule has 0 spiro atoms. The van der Waals surface area contributed by atoms with E-state index in [1.807, 2.05) is 0 Å². The Kier molecular flexibility index (Phi) is 17.0. The first kappa shape index (κ1) is 40.3. The highest BCUT2D eigenvalue weighted by Crippen LogP contribution is 2.49. The number of amides is 1. The number of rotatable bonds is 20. The van der Waals surface area contributed by atoms with Crippen molar-refractivity contribution in [1.29, 1.82) is 5.26 Å². The summed E-state index contributed by atoms with van der Waals surface area (Å²) < 4.78 is 58.4. The van der Waals surface area contributed by atoms with Crippen LogP contribution in [0.5, 0.6) is 0 Å². The van der Waals surface area contributed by atoms with Gasteiger partial charge in [-0.3, -0.25) is 28.6 Å². The van der Waals surface area contributed by atoms with Crippen molar-refractivity contribution in [3.8, 4) is 6.07 Å². The quantitative estimate of drug-likeness (QED) is 0.112. The van der Waals surface area contributed by atoms with E-state index in [1.54, 1.807) is 0 Å². The second-order valence-electron chi connectivity index (χ2n) is 11.8. The summed E-state index contributed by atoms with van der Waals surface area (Å²) in [5.74, 6) is -2.18. The third-order valence-electron chi connectivity index (χ3n) is 7.42. The summed E-state index contributed by atoms with van der Waals surface area (Å²) in [6, 6.07) is 2.54. The van der Waals surface area contributed by atoms with E-state index in [4.69, 9.17) is 14.0 Å². The summed E-state index contributed by atoms with van der Waals surface area (Å²) in [5.41, 5.74) is -1.30. The Morgan fingerprint density at radius 2 is 1.85 bits per heavy atom. The van der Waals surface area contributed by atoms with Crippen LogP contribution in [-0.2, 0) is 23.6 Å². The zero-order valence-corrected chi connectivity index (χ0v) is 28.6. The summed E-state index contributed by atoms with van der Waals surface area (Å²) in [6.07, 6.45) is 0.440. The van der Waals surface area contributed by atoms with Crippen LogP contribution in [0.15, 0.2) is 21.9 Å². The van der Waals surface area contributed by atoms with Crippen molar-refractivity contribution >= 4 is 26.1 Å². The Balaban J connectivity index is 2.02. The average molecular weight is 690 g/mol. The number of unbranched alkanes of at least 4 members (excludes halogenated alkanes) is 4. The minimum absolute atomic E-state index is 0.0616. The fraction of sp³-hybridized carbons (Fsp3) is 0.710. The van der Waals surface area contributed by atoms with Gasteiger partial charge in [0, 0.05) is 63.4 Å². The van der Waals surface area contributed by atoms with E-state index in [0.29, 0.717) is 44.8 Å². The van der Waals surface area contributed by atoms with Crippen LogP contribution in [0.25, 0.3) is 6.08 Å². The minimum atomic E-state index is -4.79. The Bertz CT molecular complexity index is 1330. The number of ether oxygens (including phenoxy) is 2. The molecule has 0 saturated carbocycles. The SMILES string of the molecule is COC[C@H]1O[C@@H](n2cc(/C=C/C(=O)NCCCCCCCC(=O)C(F)(F)F)c(=O)[nH]c2=O)CC1OP(CCC#N)N(C(C)C)C(C)C. The molecule has 1 aliphatic heterocycles. The van der Waals surface area contributed by atoms with E-state index < -0.39 is 62.3 Å². The molecule has 1 fully saturated rings. The molecule has 1 aromatic heterocycles. The lowest BCUT2D eigenvalue weighted by Gasteiger charge is -2.38. The van der Waals surface area contributed by atoms with Crippen LogP contribution in [0.3, 0.4) is 0 Å². The molecule has 0 bridgehead atoms. The van der Waals surface area contributed by atoms with Gasteiger partial charge in [0.15, 0.2) is 0 Å². The smallest absolute Gasteiger partial charge is 0.382 e. The fourth-order valence-corrected chi connectivity index (χ4v) is 7.59. The predicted octanol–water partition coefficient (Wildman–Crippen LogP) is 4.80. The van der Waals surface area contributed by atoms with E-state index in [1.165, 1.54) is 30.0 Å². The van der Waals surface area contributed by atoms with Gasteiger partial charge in [-0.05, 0) is 46.6 Å². The molecule has 1 amide bonds. The van der Waals surface area contributed by atoms with Gasteiger partial charge in [0.1, 0.15) is 20.6 Å². The highest BCUT2D eigenvalue weighted by atomic mass is 31.2. The van der Waals surface area contributed by atoms with Crippen molar-refractivity contribution in [1.82, 2.24) is 19.5 Å². The fourth-order valence-electron chi connectivity index (χ4n) is 5.28. The van der Waals surface area contributed by atoms with Crippen molar-refractivity contribution in [3.63, 3.8) is 0 Å². The molecular weight excluding hydrogens is 642 g/mol. The number of methoxy groups -OCH3 is 1. The number of ketones is 1. The summed E-state index contributed by atoms with van der Waals surface area (Å²) in [7, 11) is 0.365. The van der Waals surface area contributed by atoms with Gasteiger partial charge in [0.05, 0.1) is 24.3 Å². The Morgan fingerprint density at radius 3 is 2.47 bits per heavy atom. The lowest BCUT2D eigenvalue weighted by atomic mass is 10.1. The summed E-state index contributed by atoms with van der Waals surface area (Å²) >= 11 is 0. The van der Waals surface area contributed by atoms with Crippen LogP contribution in [0, 0.1) is 11.3 Å². The van der Waals surface area contributed by atoms with E-state index in [9.17, 15) is 37.6 Å². The third kappa shape index (κ3) is 13.3. The number of nitriles is 1. The maximum absolute atomic E-state index is 12.8. The van der Waals surface area contributed by atoms with Gasteiger partial charge >= 0.3 is 11.9 Å². The number of alkyl halides is 3. The van der Waals surface area contributed by atoms with Crippen LogP contribution >= 0.6 is 8.30 Å². The van der Waals surface area contributed by atoms with Crippen LogP contribution in [0.2, 0.25) is 0 Å². The van der Waals surface area contributed by atoms with Gasteiger partial charge in [-0.25, -0.2) is 4.79 Å². The molecular formula is C31H47F3N5O7P. The van der Waals surface area contributed by atoms with Gasteiger partial charge in [-0.15, -0.1) is 0 Å². The van der Waals surface area contributed by atoms with Crippen LogP contribution < -0.4 is 16.6 Å². The monoisotopic (exact) mass is 689 g/mol. The lowest BCUT2D eigenvalue weighted by molar-refractivity contribution is -0.171. The van der Waals surface area contributed by atoms with Crippen molar-refractivity contribution < 1.29 is 36.8 Å². The lowest BCUT2D eigenvalue weighted by Crippen LogP contribution is -2.36. The second kappa shape index (κ2) is 19.8. The van der Waals surface area contributed by atoms with Crippen molar-refractivity contribution in [2.24, 2.45) is 0 Å². The van der Waals surface area contributed by atoms with E-state index in [0.717, 1.165) is 0 Å². The van der Waals surface area contributed by atoms with Gasteiger partial charge in [-0.2, -0.15) is 18.4 Å². The molecule has 2 rings (SSSR count). The van der Waals surface area contributed by atoms with Crippen LogP contribution in [0.4, 0.5) is 13.2 Å². The number of hydrogen-bond donors (Lipinski definition) is 2. The highest BCUT2D eigenvalue weighted by Gasteiger charge is 2.41. The zero-order chi connectivity index (χ0) is 35.1. The number of hydrogen-bond acceptors (Lipinski definition) is 9. The first-order valence-corrected chi connectivity index (χ1v) is 17.2. The molecule has 1 saturated heterocycles.